The molecular formula is C7H4F3OP. The van der Waals surface area contributed by atoms with Crippen molar-refractivity contribution in [3.8, 4) is 0 Å². The molecule has 0 heterocycles. The Morgan fingerprint density at radius 2 is 2.00 bits per heavy atom. The molecule has 0 radical (unpaired) electrons. The predicted octanol–water partition coefficient (Wildman–Crippen LogP) is 2.51. The highest BCUT2D eigenvalue weighted by atomic mass is 31.2. The third kappa shape index (κ3) is 1.83. The molecule has 1 rings (SSSR count). The van der Waals surface area contributed by atoms with Crippen LogP contribution >= 0.6 is 8.54 Å². The Labute approximate surface area is 68.2 Å². The first kappa shape index (κ1) is 9.20. The summed E-state index contributed by atoms with van der Waals surface area (Å²) in [4.78, 5) is 10.2. The Kier molecular flexibility index (Phi) is 2.82. The van der Waals surface area contributed by atoms with E-state index in [1.54, 1.807) is 0 Å². The van der Waals surface area contributed by atoms with Crippen LogP contribution in [0.25, 0.3) is 0 Å². The lowest BCUT2D eigenvalue weighted by molar-refractivity contribution is 0.112. The highest BCUT2D eigenvalue weighted by molar-refractivity contribution is 7.55. The number of halogens is 3. The monoisotopic (exact) mass is 192 g/mol. The van der Waals surface area contributed by atoms with Crippen molar-refractivity contribution in [1.29, 1.82) is 0 Å². The molecule has 0 aliphatic carbocycles. The molecular weight excluding hydrogens is 188 g/mol. The quantitative estimate of drug-likeness (QED) is 0.519. The van der Waals surface area contributed by atoms with Gasteiger partial charge in [0.25, 0.3) is 8.54 Å². The summed E-state index contributed by atoms with van der Waals surface area (Å²) in [6.07, 6.45) is 0.295. The Balaban J connectivity index is 3.21. The Hall–Kier alpha value is -0.890. The van der Waals surface area contributed by atoms with E-state index in [4.69, 9.17) is 0 Å². The summed E-state index contributed by atoms with van der Waals surface area (Å²) in [5, 5.41) is -0.500. The molecule has 1 aromatic rings. The summed E-state index contributed by atoms with van der Waals surface area (Å²) in [6, 6.07) is 2.72. The van der Waals surface area contributed by atoms with Gasteiger partial charge in [0.1, 0.15) is 5.82 Å². The minimum atomic E-state index is -3.41. The van der Waals surface area contributed by atoms with Crippen molar-refractivity contribution >= 4 is 20.1 Å². The molecule has 0 atom stereocenters. The largest absolute Gasteiger partial charge is 0.298 e. The van der Waals surface area contributed by atoms with Crippen molar-refractivity contribution in [3.05, 3.63) is 29.6 Å². The first-order valence-electron chi connectivity index (χ1n) is 3.01. The summed E-state index contributed by atoms with van der Waals surface area (Å²) in [6.45, 7) is 0. The number of aldehydes is 1. The maximum atomic E-state index is 12.4. The second-order valence-electron chi connectivity index (χ2n) is 2.05. The summed E-state index contributed by atoms with van der Waals surface area (Å²) >= 11 is 0. The summed E-state index contributed by atoms with van der Waals surface area (Å²) in [5.41, 5.74) is -0.146. The van der Waals surface area contributed by atoms with Crippen LogP contribution in [0.4, 0.5) is 12.8 Å². The van der Waals surface area contributed by atoms with Gasteiger partial charge < -0.3 is 0 Å². The molecule has 1 nitrogen and oxygen atoms in total. The van der Waals surface area contributed by atoms with Crippen molar-refractivity contribution in [3.63, 3.8) is 0 Å². The molecule has 0 saturated carbocycles. The lowest BCUT2D eigenvalue weighted by Gasteiger charge is -2.00. The van der Waals surface area contributed by atoms with E-state index in [0.717, 1.165) is 12.1 Å². The molecule has 12 heavy (non-hydrogen) atoms. The van der Waals surface area contributed by atoms with Gasteiger partial charge in [-0.15, -0.1) is 0 Å². The Bertz CT molecular complexity index is 301. The predicted molar refractivity (Wildman–Crippen MR) is 40.6 cm³/mol. The zero-order chi connectivity index (χ0) is 9.14. The van der Waals surface area contributed by atoms with Crippen molar-refractivity contribution in [1.82, 2.24) is 0 Å². The maximum absolute atomic E-state index is 12.4. The van der Waals surface area contributed by atoms with E-state index in [2.05, 4.69) is 0 Å². The molecule has 64 valence electrons. The van der Waals surface area contributed by atoms with Gasteiger partial charge in [-0.2, -0.15) is 8.39 Å². The Morgan fingerprint density at radius 1 is 1.33 bits per heavy atom. The van der Waals surface area contributed by atoms with E-state index in [1.807, 2.05) is 0 Å². The summed E-state index contributed by atoms with van der Waals surface area (Å²) < 4.78 is 36.7. The second kappa shape index (κ2) is 3.68. The van der Waals surface area contributed by atoms with Crippen molar-refractivity contribution in [2.45, 2.75) is 0 Å². The fraction of sp³-hybridized carbons (Fsp3) is 0. The highest BCUT2D eigenvalue weighted by Crippen LogP contribution is 2.38. The van der Waals surface area contributed by atoms with E-state index < -0.39 is 19.7 Å². The fourth-order valence-electron chi connectivity index (χ4n) is 0.763. The molecule has 0 N–H and O–H groups in total. The molecule has 1 aromatic carbocycles. The highest BCUT2D eigenvalue weighted by Gasteiger charge is 2.14. The van der Waals surface area contributed by atoms with Gasteiger partial charge in [0.15, 0.2) is 6.29 Å². The lowest BCUT2D eigenvalue weighted by atomic mass is 10.2. The second-order valence-corrected chi connectivity index (χ2v) is 3.00. The molecule has 0 amide bonds. The molecule has 0 spiro atoms. The standard InChI is InChI=1S/C7H4F3OP/c8-6-2-1-5(4-11)7(3-6)12(9)10/h1-4H. The SMILES string of the molecule is O=Cc1ccc(F)cc1P(F)F. The van der Waals surface area contributed by atoms with Gasteiger partial charge in [0.05, 0.1) is 5.30 Å². The Morgan fingerprint density at radius 3 is 2.50 bits per heavy atom. The van der Waals surface area contributed by atoms with Gasteiger partial charge in [-0.3, -0.25) is 4.79 Å². The van der Waals surface area contributed by atoms with Crippen LogP contribution in [0.15, 0.2) is 18.2 Å². The zero-order valence-electron chi connectivity index (χ0n) is 5.80. The first-order chi connectivity index (χ1) is 5.65. The van der Waals surface area contributed by atoms with E-state index in [9.17, 15) is 17.6 Å². The average molecular weight is 192 g/mol. The number of benzene rings is 1. The normalized spacial score (nSPS) is 10.3. The van der Waals surface area contributed by atoms with Gasteiger partial charge in [0.2, 0.25) is 0 Å². The number of hydrogen-bond donors (Lipinski definition) is 0. The zero-order valence-corrected chi connectivity index (χ0v) is 6.69. The van der Waals surface area contributed by atoms with Crippen LogP contribution in [0.3, 0.4) is 0 Å². The van der Waals surface area contributed by atoms with Crippen LogP contribution in [-0.4, -0.2) is 6.29 Å². The number of hydrogen-bond acceptors (Lipinski definition) is 1. The van der Waals surface area contributed by atoms with Crippen molar-refractivity contribution < 1.29 is 17.6 Å². The minimum absolute atomic E-state index is 0.146. The number of carbonyl (C=O) groups excluding carboxylic acids is 1. The molecule has 0 aliphatic rings. The van der Waals surface area contributed by atoms with E-state index >= 15 is 0 Å². The molecule has 0 aliphatic heterocycles. The number of carbonyl (C=O) groups is 1. The molecule has 0 fully saturated rings. The molecule has 5 heteroatoms. The van der Waals surface area contributed by atoms with Crippen LogP contribution < -0.4 is 5.30 Å². The van der Waals surface area contributed by atoms with Crippen molar-refractivity contribution in [2.24, 2.45) is 0 Å². The van der Waals surface area contributed by atoms with Crippen LogP contribution in [0.1, 0.15) is 10.4 Å². The van der Waals surface area contributed by atoms with Crippen LogP contribution in [0, 0.1) is 5.82 Å². The topological polar surface area (TPSA) is 17.1 Å². The minimum Gasteiger partial charge on any atom is -0.298 e. The van der Waals surface area contributed by atoms with Crippen LogP contribution in [-0.2, 0) is 0 Å². The molecule has 0 unspecified atom stereocenters. The molecule has 0 saturated heterocycles. The summed E-state index contributed by atoms with van der Waals surface area (Å²) in [7, 11) is -3.41. The fourth-order valence-corrected chi connectivity index (χ4v) is 1.31. The van der Waals surface area contributed by atoms with Gasteiger partial charge in [-0.25, -0.2) is 4.39 Å². The summed E-state index contributed by atoms with van der Waals surface area (Å²) in [5.74, 6) is -0.751. The van der Waals surface area contributed by atoms with Gasteiger partial charge in [-0.05, 0) is 18.2 Å². The van der Waals surface area contributed by atoms with Gasteiger partial charge in [0, 0.05) is 5.56 Å². The van der Waals surface area contributed by atoms with Crippen LogP contribution in [0.2, 0.25) is 0 Å². The first-order valence-corrected chi connectivity index (χ1v) is 4.14. The smallest absolute Gasteiger partial charge is 0.298 e. The van der Waals surface area contributed by atoms with E-state index in [1.165, 1.54) is 0 Å². The van der Waals surface area contributed by atoms with Crippen LogP contribution in [0.5, 0.6) is 0 Å². The molecule has 0 aromatic heterocycles. The van der Waals surface area contributed by atoms with Gasteiger partial charge in [-0.1, -0.05) is 0 Å². The van der Waals surface area contributed by atoms with E-state index in [0.29, 0.717) is 12.4 Å². The lowest BCUT2D eigenvalue weighted by Crippen LogP contribution is -2.04. The number of rotatable bonds is 2. The third-order valence-corrected chi connectivity index (χ3v) is 2.05. The average Bonchev–Trinajstić information content (AvgIpc) is 2.04. The van der Waals surface area contributed by atoms with Crippen molar-refractivity contribution in [2.75, 3.05) is 0 Å². The maximum Gasteiger partial charge on any atom is 0.298 e. The van der Waals surface area contributed by atoms with Gasteiger partial charge >= 0.3 is 0 Å². The third-order valence-electron chi connectivity index (χ3n) is 1.30. The molecule has 0 bridgehead atoms. The van der Waals surface area contributed by atoms with E-state index in [-0.39, 0.29) is 5.56 Å².